The molecule has 0 saturated heterocycles. The van der Waals surface area contributed by atoms with E-state index in [1.807, 2.05) is 0 Å². The summed E-state index contributed by atoms with van der Waals surface area (Å²) in [6, 6.07) is 0. The first kappa shape index (κ1) is 10.8. The van der Waals surface area contributed by atoms with Crippen molar-refractivity contribution >= 4 is 17.5 Å². The molecule has 0 atom stereocenters. The van der Waals surface area contributed by atoms with Gasteiger partial charge in [0.05, 0.1) is 6.54 Å². The largest absolute Gasteiger partial charge is 0.334 e. The maximum Gasteiger partial charge on any atom is 0.334 e. The molecule has 0 aromatic rings. The van der Waals surface area contributed by atoms with E-state index in [1.54, 1.807) is 6.92 Å². The smallest absolute Gasteiger partial charge is 0.324 e. The van der Waals surface area contributed by atoms with Gasteiger partial charge in [-0.1, -0.05) is 12.1 Å². The Morgan fingerprint density at radius 2 is 2.08 bits per heavy atom. The Bertz CT molecular complexity index is 211. The molecule has 68 valence electrons. The minimum atomic E-state index is -0.473. The first-order chi connectivity index (χ1) is 5.61. The van der Waals surface area contributed by atoms with Crippen LogP contribution in [-0.2, 0) is 14.4 Å². The van der Waals surface area contributed by atoms with E-state index >= 15 is 0 Å². The molecule has 5 nitrogen and oxygen atoms in total. The summed E-state index contributed by atoms with van der Waals surface area (Å²) in [5.74, 6) is -0.807. The van der Waals surface area contributed by atoms with Crippen LogP contribution in [0.2, 0.25) is 0 Å². The number of carbonyl (C=O) groups excluding carboxylic acids is 2. The zero-order chi connectivity index (χ0) is 9.56. The fourth-order valence-corrected chi connectivity index (χ4v) is 0.383. The second kappa shape index (κ2) is 5.42. The van der Waals surface area contributed by atoms with Crippen LogP contribution in [0.3, 0.4) is 0 Å². The Labute approximate surface area is 70.6 Å². The molecule has 2 N–H and O–H groups in total. The number of carbonyl (C=O) groups is 2. The van der Waals surface area contributed by atoms with Crippen molar-refractivity contribution in [1.82, 2.24) is 0 Å². The van der Waals surface area contributed by atoms with Gasteiger partial charge in [-0.2, -0.15) is 0 Å². The van der Waals surface area contributed by atoms with E-state index in [2.05, 4.69) is 9.99 Å². The van der Waals surface area contributed by atoms with Crippen molar-refractivity contribution in [3.05, 3.63) is 0 Å². The van der Waals surface area contributed by atoms with Crippen LogP contribution in [0.1, 0.15) is 20.3 Å². The molecule has 0 aliphatic rings. The minimum Gasteiger partial charge on any atom is -0.324 e. The van der Waals surface area contributed by atoms with E-state index in [4.69, 9.17) is 5.73 Å². The van der Waals surface area contributed by atoms with Gasteiger partial charge in [-0.05, 0) is 6.92 Å². The summed E-state index contributed by atoms with van der Waals surface area (Å²) in [5, 5.41) is 3.30. The lowest BCUT2D eigenvalue weighted by atomic mass is 10.3. The standard InChI is InChI=1S/C7H12N2O3/c1-3-7(11)12-9-5(2)6(10)4-8/h3-4,8H2,1-2H3. The number of hydrogen-bond acceptors (Lipinski definition) is 5. The van der Waals surface area contributed by atoms with Gasteiger partial charge in [0.25, 0.3) is 0 Å². The highest BCUT2D eigenvalue weighted by molar-refractivity contribution is 6.39. The second-order valence-electron chi connectivity index (χ2n) is 2.12. The number of oxime groups is 1. The number of hydrogen-bond donors (Lipinski definition) is 1. The lowest BCUT2D eigenvalue weighted by Gasteiger charge is -1.95. The second-order valence-corrected chi connectivity index (χ2v) is 2.12. The van der Waals surface area contributed by atoms with Crippen molar-refractivity contribution in [1.29, 1.82) is 0 Å². The molecule has 0 radical (unpaired) electrons. The van der Waals surface area contributed by atoms with Gasteiger partial charge in [-0.3, -0.25) is 4.79 Å². The fraction of sp³-hybridized carbons (Fsp3) is 0.571. The van der Waals surface area contributed by atoms with Crippen LogP contribution < -0.4 is 5.73 Å². The van der Waals surface area contributed by atoms with Gasteiger partial charge in [0.1, 0.15) is 5.71 Å². The third-order valence-corrected chi connectivity index (χ3v) is 1.16. The Morgan fingerprint density at radius 3 is 2.50 bits per heavy atom. The predicted molar refractivity (Wildman–Crippen MR) is 43.6 cm³/mol. The number of ketones is 1. The molecular weight excluding hydrogens is 160 g/mol. The molecule has 0 unspecified atom stereocenters. The number of Topliss-reactive ketones (excluding diaryl/α,β-unsaturated/α-hetero) is 1. The zero-order valence-corrected chi connectivity index (χ0v) is 7.16. The maximum absolute atomic E-state index is 10.8. The maximum atomic E-state index is 10.8. The average Bonchev–Trinajstić information content (AvgIpc) is 2.11. The first-order valence-electron chi connectivity index (χ1n) is 3.59. The molecule has 0 amide bonds. The topological polar surface area (TPSA) is 81.8 Å². The highest BCUT2D eigenvalue weighted by Gasteiger charge is 2.04. The normalized spacial score (nSPS) is 11.1. The van der Waals surface area contributed by atoms with Crippen LogP contribution in [0.15, 0.2) is 5.16 Å². The average molecular weight is 172 g/mol. The molecule has 0 rings (SSSR count). The summed E-state index contributed by atoms with van der Waals surface area (Å²) >= 11 is 0. The predicted octanol–water partition coefficient (Wildman–Crippen LogP) is -0.157. The van der Waals surface area contributed by atoms with Gasteiger partial charge in [0.15, 0.2) is 5.78 Å². The molecule has 0 spiro atoms. The van der Waals surface area contributed by atoms with Crippen LogP contribution >= 0.6 is 0 Å². The number of nitrogens with two attached hydrogens (primary N) is 1. The van der Waals surface area contributed by atoms with Crippen molar-refractivity contribution in [2.24, 2.45) is 10.9 Å². The van der Waals surface area contributed by atoms with Crippen molar-refractivity contribution in [2.45, 2.75) is 20.3 Å². The molecule has 0 heterocycles. The highest BCUT2D eigenvalue weighted by Crippen LogP contribution is 1.87. The first-order valence-corrected chi connectivity index (χ1v) is 3.59. The Hall–Kier alpha value is -1.23. The van der Waals surface area contributed by atoms with Crippen LogP contribution in [0.5, 0.6) is 0 Å². The Kier molecular flexibility index (Phi) is 4.87. The fourth-order valence-electron chi connectivity index (χ4n) is 0.383. The van der Waals surface area contributed by atoms with E-state index in [0.29, 0.717) is 0 Å². The lowest BCUT2D eigenvalue weighted by Crippen LogP contribution is -2.21. The van der Waals surface area contributed by atoms with E-state index in [1.165, 1.54) is 6.92 Å². The van der Waals surface area contributed by atoms with Crippen LogP contribution in [0.25, 0.3) is 0 Å². The molecule has 12 heavy (non-hydrogen) atoms. The van der Waals surface area contributed by atoms with E-state index in [-0.39, 0.29) is 24.5 Å². The van der Waals surface area contributed by atoms with Gasteiger partial charge >= 0.3 is 5.97 Å². The van der Waals surface area contributed by atoms with Crippen LogP contribution in [0, 0.1) is 0 Å². The third-order valence-electron chi connectivity index (χ3n) is 1.16. The Morgan fingerprint density at radius 1 is 1.50 bits per heavy atom. The monoisotopic (exact) mass is 172 g/mol. The summed E-state index contributed by atoms with van der Waals surface area (Å²) in [6.07, 6.45) is 0.230. The van der Waals surface area contributed by atoms with Gasteiger partial charge in [-0.25, -0.2) is 4.79 Å². The van der Waals surface area contributed by atoms with Crippen LogP contribution in [0.4, 0.5) is 0 Å². The van der Waals surface area contributed by atoms with Crippen molar-refractivity contribution in [3.63, 3.8) is 0 Å². The number of rotatable bonds is 4. The summed E-state index contributed by atoms with van der Waals surface area (Å²) in [6.45, 7) is 2.95. The van der Waals surface area contributed by atoms with Crippen molar-refractivity contribution in [3.8, 4) is 0 Å². The van der Waals surface area contributed by atoms with E-state index in [9.17, 15) is 9.59 Å². The molecule has 0 aromatic heterocycles. The molecule has 5 heteroatoms. The molecular formula is C7H12N2O3. The van der Waals surface area contributed by atoms with Crippen LogP contribution in [-0.4, -0.2) is 24.0 Å². The SMILES string of the molecule is CCC(=O)ON=C(C)C(=O)CN. The van der Waals surface area contributed by atoms with E-state index in [0.717, 1.165) is 0 Å². The van der Waals surface area contributed by atoms with E-state index < -0.39 is 5.97 Å². The van der Waals surface area contributed by atoms with Crippen molar-refractivity contribution in [2.75, 3.05) is 6.54 Å². The molecule has 0 aliphatic carbocycles. The van der Waals surface area contributed by atoms with Gasteiger partial charge in [-0.15, -0.1) is 0 Å². The van der Waals surface area contributed by atoms with Crippen molar-refractivity contribution < 1.29 is 14.4 Å². The number of nitrogens with zero attached hydrogens (tertiary/aromatic N) is 1. The summed E-state index contributed by atoms with van der Waals surface area (Å²) in [7, 11) is 0. The Balaban J connectivity index is 4.00. The molecule has 0 fully saturated rings. The van der Waals surface area contributed by atoms with Gasteiger partial charge in [0.2, 0.25) is 0 Å². The summed E-state index contributed by atoms with van der Waals surface area (Å²) < 4.78 is 0. The molecule has 0 aromatic carbocycles. The summed E-state index contributed by atoms with van der Waals surface area (Å²) in [5.41, 5.74) is 5.15. The minimum absolute atomic E-state index is 0.110. The molecule has 0 bridgehead atoms. The third kappa shape index (κ3) is 3.82. The molecule has 0 aliphatic heterocycles. The molecule has 0 saturated carbocycles. The highest BCUT2D eigenvalue weighted by atomic mass is 16.7. The lowest BCUT2D eigenvalue weighted by molar-refractivity contribution is -0.143. The van der Waals surface area contributed by atoms with Gasteiger partial charge in [0, 0.05) is 6.42 Å². The zero-order valence-electron chi connectivity index (χ0n) is 7.16. The quantitative estimate of drug-likeness (QED) is 0.363. The van der Waals surface area contributed by atoms with Gasteiger partial charge < -0.3 is 10.6 Å². The summed E-state index contributed by atoms with van der Waals surface area (Å²) in [4.78, 5) is 25.7.